The van der Waals surface area contributed by atoms with Crippen LogP contribution in [0.2, 0.25) is 0 Å². The van der Waals surface area contributed by atoms with Crippen molar-refractivity contribution in [3.8, 4) is 5.95 Å². The van der Waals surface area contributed by atoms with Gasteiger partial charge in [-0.1, -0.05) is 6.92 Å². The summed E-state index contributed by atoms with van der Waals surface area (Å²) in [5, 5.41) is 12.3. The fraction of sp³-hybridized carbons (Fsp3) is 0.444. The highest BCUT2D eigenvalue weighted by molar-refractivity contribution is 5.19. The van der Waals surface area contributed by atoms with Gasteiger partial charge < -0.3 is 5.84 Å². The van der Waals surface area contributed by atoms with Crippen LogP contribution < -0.4 is 5.84 Å². The van der Waals surface area contributed by atoms with Gasteiger partial charge in [0.2, 0.25) is 0 Å². The second kappa shape index (κ2) is 3.38. The number of nitrogen functional groups attached to an aromatic ring is 1. The molecule has 0 bridgehead atoms. The van der Waals surface area contributed by atoms with Crippen LogP contribution >= 0.6 is 0 Å². The quantitative estimate of drug-likeness (QED) is 0.720. The molecule has 2 rings (SSSR count). The largest absolute Gasteiger partial charge is 0.335 e. The highest BCUT2D eigenvalue weighted by Gasteiger charge is 2.12. The van der Waals surface area contributed by atoms with E-state index in [1.54, 1.807) is 4.68 Å². The van der Waals surface area contributed by atoms with Crippen LogP contribution in [0.5, 0.6) is 0 Å². The van der Waals surface area contributed by atoms with Crippen molar-refractivity contribution in [2.24, 2.45) is 0 Å². The molecule has 0 radical (unpaired) electrons. The molecule has 0 spiro atoms. The van der Waals surface area contributed by atoms with Gasteiger partial charge in [0.05, 0.1) is 5.69 Å². The molecule has 2 N–H and O–H groups in total. The Hall–Kier alpha value is -1.85. The molecule has 2 aromatic rings. The number of hydrogen-bond donors (Lipinski definition) is 1. The number of rotatable bonds is 2. The topological polar surface area (TPSA) is 74.5 Å². The SMILES string of the molecule is CCc1nnc(-n2nc(C)cc2C)n1N. The van der Waals surface area contributed by atoms with Crippen molar-refractivity contribution in [2.45, 2.75) is 27.2 Å². The minimum atomic E-state index is 0.553. The first-order valence-electron chi connectivity index (χ1n) is 4.86. The van der Waals surface area contributed by atoms with Gasteiger partial charge in [0.15, 0.2) is 5.82 Å². The monoisotopic (exact) mass is 206 g/mol. The van der Waals surface area contributed by atoms with E-state index in [1.165, 1.54) is 4.68 Å². The van der Waals surface area contributed by atoms with E-state index in [0.29, 0.717) is 5.95 Å². The average Bonchev–Trinajstić information content (AvgIpc) is 2.69. The molecule has 0 saturated carbocycles. The summed E-state index contributed by atoms with van der Waals surface area (Å²) in [6.45, 7) is 5.88. The zero-order valence-electron chi connectivity index (χ0n) is 9.10. The highest BCUT2D eigenvalue weighted by Crippen LogP contribution is 2.09. The average molecular weight is 206 g/mol. The summed E-state index contributed by atoms with van der Waals surface area (Å²) in [4.78, 5) is 0. The Balaban J connectivity index is 2.54. The van der Waals surface area contributed by atoms with E-state index in [4.69, 9.17) is 5.84 Å². The normalized spacial score (nSPS) is 10.9. The van der Waals surface area contributed by atoms with Crippen LogP contribution in [0.25, 0.3) is 5.95 Å². The molecular formula is C9H14N6. The first kappa shape index (κ1) is 9.70. The Bertz CT molecular complexity index is 481. The molecule has 0 amide bonds. The maximum atomic E-state index is 5.85. The van der Waals surface area contributed by atoms with Crippen molar-refractivity contribution < 1.29 is 0 Å². The molecule has 0 aromatic carbocycles. The Morgan fingerprint density at radius 3 is 2.53 bits per heavy atom. The summed E-state index contributed by atoms with van der Waals surface area (Å²) in [6, 6.07) is 1.97. The molecule has 2 heterocycles. The van der Waals surface area contributed by atoms with Crippen molar-refractivity contribution in [3.63, 3.8) is 0 Å². The lowest BCUT2D eigenvalue weighted by atomic mass is 10.4. The summed E-state index contributed by atoms with van der Waals surface area (Å²) >= 11 is 0. The van der Waals surface area contributed by atoms with Crippen molar-refractivity contribution in [3.05, 3.63) is 23.3 Å². The standard InChI is InChI=1S/C9H14N6/c1-4-8-11-12-9(14(8)10)15-7(3)5-6(2)13-15/h5H,4,10H2,1-3H3. The van der Waals surface area contributed by atoms with Gasteiger partial charge in [-0.3, -0.25) is 0 Å². The third-order valence-electron chi connectivity index (χ3n) is 2.26. The molecule has 6 nitrogen and oxygen atoms in total. The van der Waals surface area contributed by atoms with Crippen LogP contribution in [0.4, 0.5) is 0 Å². The summed E-state index contributed by atoms with van der Waals surface area (Å²) < 4.78 is 3.17. The number of aromatic nitrogens is 5. The van der Waals surface area contributed by atoms with Gasteiger partial charge in [-0.2, -0.15) is 5.10 Å². The predicted octanol–water partition coefficient (Wildman–Crippen LogP) is 0.357. The fourth-order valence-corrected chi connectivity index (χ4v) is 1.53. The molecular weight excluding hydrogens is 192 g/mol. The molecule has 0 unspecified atom stereocenters. The van der Waals surface area contributed by atoms with Gasteiger partial charge in [-0.05, 0) is 19.9 Å². The smallest absolute Gasteiger partial charge is 0.270 e. The van der Waals surface area contributed by atoms with E-state index in [0.717, 1.165) is 23.6 Å². The molecule has 0 aliphatic carbocycles. The summed E-state index contributed by atoms with van der Waals surface area (Å²) in [6.07, 6.45) is 0.753. The van der Waals surface area contributed by atoms with Crippen LogP contribution in [0.3, 0.4) is 0 Å². The predicted molar refractivity (Wildman–Crippen MR) is 56.1 cm³/mol. The van der Waals surface area contributed by atoms with Crippen molar-refractivity contribution in [1.82, 2.24) is 24.7 Å². The lowest BCUT2D eigenvalue weighted by Gasteiger charge is -2.03. The number of nitrogens with two attached hydrogens (primary N) is 1. The number of aryl methyl sites for hydroxylation is 3. The van der Waals surface area contributed by atoms with E-state index >= 15 is 0 Å². The molecule has 0 saturated heterocycles. The van der Waals surface area contributed by atoms with Gasteiger partial charge in [0, 0.05) is 12.1 Å². The summed E-state index contributed by atoms with van der Waals surface area (Å²) in [5.41, 5.74) is 1.93. The fourth-order valence-electron chi connectivity index (χ4n) is 1.53. The lowest BCUT2D eigenvalue weighted by molar-refractivity contribution is 0.733. The molecule has 80 valence electrons. The van der Waals surface area contributed by atoms with E-state index in [2.05, 4.69) is 15.3 Å². The molecule has 2 aromatic heterocycles. The minimum absolute atomic E-state index is 0.553. The van der Waals surface area contributed by atoms with Crippen molar-refractivity contribution >= 4 is 0 Å². The molecule has 0 aliphatic rings. The van der Waals surface area contributed by atoms with Gasteiger partial charge >= 0.3 is 0 Å². The minimum Gasteiger partial charge on any atom is -0.335 e. The zero-order chi connectivity index (χ0) is 11.0. The van der Waals surface area contributed by atoms with Crippen LogP contribution in [-0.4, -0.2) is 24.7 Å². The lowest BCUT2D eigenvalue weighted by Crippen LogP contribution is -2.18. The molecule has 15 heavy (non-hydrogen) atoms. The maximum Gasteiger partial charge on any atom is 0.270 e. The Morgan fingerprint density at radius 2 is 2.07 bits per heavy atom. The molecule has 6 heteroatoms. The second-order valence-corrected chi connectivity index (χ2v) is 3.48. The molecule has 0 atom stereocenters. The third-order valence-corrected chi connectivity index (χ3v) is 2.26. The van der Waals surface area contributed by atoms with E-state index in [9.17, 15) is 0 Å². The van der Waals surface area contributed by atoms with Crippen LogP contribution in [-0.2, 0) is 6.42 Å². The molecule has 0 aliphatic heterocycles. The Labute approximate surface area is 87.7 Å². The third kappa shape index (κ3) is 1.47. The second-order valence-electron chi connectivity index (χ2n) is 3.48. The van der Waals surface area contributed by atoms with Gasteiger partial charge in [0.25, 0.3) is 5.95 Å². The van der Waals surface area contributed by atoms with Gasteiger partial charge in [-0.15, -0.1) is 10.2 Å². The van der Waals surface area contributed by atoms with Crippen molar-refractivity contribution in [1.29, 1.82) is 0 Å². The summed E-state index contributed by atoms with van der Waals surface area (Å²) in [7, 11) is 0. The van der Waals surface area contributed by atoms with Gasteiger partial charge in [-0.25, -0.2) is 9.36 Å². The number of hydrogen-bond acceptors (Lipinski definition) is 4. The van der Waals surface area contributed by atoms with Gasteiger partial charge in [0.1, 0.15) is 0 Å². The van der Waals surface area contributed by atoms with E-state index in [-0.39, 0.29) is 0 Å². The Morgan fingerprint density at radius 1 is 1.33 bits per heavy atom. The first-order chi connectivity index (χ1) is 7.13. The summed E-state index contributed by atoms with van der Waals surface area (Å²) in [5.74, 6) is 7.16. The highest BCUT2D eigenvalue weighted by atomic mass is 15.5. The van der Waals surface area contributed by atoms with Crippen LogP contribution in [0.1, 0.15) is 24.1 Å². The van der Waals surface area contributed by atoms with Crippen LogP contribution in [0, 0.1) is 13.8 Å². The zero-order valence-corrected chi connectivity index (χ0v) is 9.10. The van der Waals surface area contributed by atoms with E-state index < -0.39 is 0 Å². The number of nitrogens with zero attached hydrogens (tertiary/aromatic N) is 5. The molecule has 0 fully saturated rings. The maximum absolute atomic E-state index is 5.85. The first-order valence-corrected chi connectivity index (χ1v) is 4.86. The van der Waals surface area contributed by atoms with Crippen molar-refractivity contribution in [2.75, 3.05) is 5.84 Å². The Kier molecular flexibility index (Phi) is 2.18. The van der Waals surface area contributed by atoms with Crippen LogP contribution in [0.15, 0.2) is 6.07 Å². The van der Waals surface area contributed by atoms with E-state index in [1.807, 2.05) is 26.8 Å².